The Morgan fingerprint density at radius 3 is 2.61 bits per heavy atom. The van der Waals surface area contributed by atoms with Crippen molar-refractivity contribution in [2.45, 2.75) is 39.3 Å². The van der Waals surface area contributed by atoms with Gasteiger partial charge >= 0.3 is 0 Å². The van der Waals surface area contributed by atoms with Crippen molar-refractivity contribution >= 4 is 17.2 Å². The average molecular weight is 441 g/mol. The Morgan fingerprint density at radius 2 is 1.87 bits per heavy atom. The molecule has 0 unspecified atom stereocenters. The standard InChI is InChI=1S/C24H32N4O2S/c1-18-25-22(17-31-18)16-26-7-4-20(5-8-26)24(29)28-11-9-27(10-12-28)15-19-2-3-23-21(14-19)6-13-30-23/h2-3,14,17,20H,4-13,15-16H2,1H3. The van der Waals surface area contributed by atoms with Crippen LogP contribution in [0.15, 0.2) is 23.6 Å². The topological polar surface area (TPSA) is 48.9 Å². The van der Waals surface area contributed by atoms with Crippen LogP contribution >= 0.6 is 11.3 Å². The van der Waals surface area contributed by atoms with Crippen LogP contribution in [0.1, 0.15) is 34.7 Å². The molecule has 0 N–H and O–H groups in total. The molecule has 2 saturated heterocycles. The molecule has 7 heteroatoms. The van der Waals surface area contributed by atoms with E-state index >= 15 is 0 Å². The van der Waals surface area contributed by atoms with E-state index in [2.05, 4.69) is 50.2 Å². The summed E-state index contributed by atoms with van der Waals surface area (Å²) in [4.78, 5) is 24.7. The first kappa shape index (κ1) is 20.9. The van der Waals surface area contributed by atoms with E-state index in [0.29, 0.717) is 5.91 Å². The van der Waals surface area contributed by atoms with Crippen LogP contribution in [-0.4, -0.2) is 71.5 Å². The third-order valence-electron chi connectivity index (χ3n) is 6.83. The van der Waals surface area contributed by atoms with Gasteiger partial charge < -0.3 is 9.64 Å². The molecule has 0 atom stereocenters. The van der Waals surface area contributed by atoms with E-state index in [-0.39, 0.29) is 5.92 Å². The number of hydrogen-bond donors (Lipinski definition) is 0. The summed E-state index contributed by atoms with van der Waals surface area (Å²) in [5.74, 6) is 1.61. The highest BCUT2D eigenvalue weighted by molar-refractivity contribution is 7.09. The third-order valence-corrected chi connectivity index (χ3v) is 7.66. The Morgan fingerprint density at radius 1 is 1.10 bits per heavy atom. The largest absolute Gasteiger partial charge is 0.493 e. The zero-order valence-electron chi connectivity index (χ0n) is 18.4. The Labute approximate surface area is 188 Å². The number of fused-ring (bicyclic) bond motifs is 1. The van der Waals surface area contributed by atoms with Gasteiger partial charge in [0, 0.05) is 57.0 Å². The molecule has 31 heavy (non-hydrogen) atoms. The monoisotopic (exact) mass is 440 g/mol. The Kier molecular flexibility index (Phi) is 6.25. The van der Waals surface area contributed by atoms with Gasteiger partial charge in [0.15, 0.2) is 0 Å². The summed E-state index contributed by atoms with van der Waals surface area (Å²) in [7, 11) is 0. The van der Waals surface area contributed by atoms with Crippen LogP contribution in [0.5, 0.6) is 5.75 Å². The minimum atomic E-state index is 0.191. The molecule has 2 aromatic rings. The van der Waals surface area contributed by atoms with Gasteiger partial charge in [-0.2, -0.15) is 0 Å². The van der Waals surface area contributed by atoms with Crippen LogP contribution in [0.3, 0.4) is 0 Å². The maximum atomic E-state index is 13.1. The van der Waals surface area contributed by atoms with E-state index in [0.717, 1.165) is 89.0 Å². The van der Waals surface area contributed by atoms with Gasteiger partial charge in [0.1, 0.15) is 5.75 Å². The molecule has 0 aliphatic carbocycles. The summed E-state index contributed by atoms with van der Waals surface area (Å²) in [6.45, 7) is 10.4. The van der Waals surface area contributed by atoms with Crippen LogP contribution in [0.25, 0.3) is 0 Å². The molecule has 4 heterocycles. The highest BCUT2D eigenvalue weighted by Gasteiger charge is 2.30. The van der Waals surface area contributed by atoms with E-state index in [1.54, 1.807) is 11.3 Å². The summed E-state index contributed by atoms with van der Waals surface area (Å²) in [5.41, 5.74) is 3.86. The number of benzene rings is 1. The van der Waals surface area contributed by atoms with Crippen molar-refractivity contribution in [3.63, 3.8) is 0 Å². The Bertz CT molecular complexity index is 914. The molecule has 2 fully saturated rings. The van der Waals surface area contributed by atoms with Crippen LogP contribution < -0.4 is 4.74 Å². The number of ether oxygens (including phenoxy) is 1. The average Bonchev–Trinajstić information content (AvgIpc) is 3.42. The van der Waals surface area contributed by atoms with Gasteiger partial charge in [0.2, 0.25) is 5.91 Å². The number of rotatable bonds is 5. The zero-order chi connectivity index (χ0) is 21.2. The molecular formula is C24H32N4O2S. The van der Waals surface area contributed by atoms with Gasteiger partial charge in [-0.05, 0) is 50.0 Å². The molecule has 166 valence electrons. The molecule has 0 saturated carbocycles. The molecule has 0 bridgehead atoms. The van der Waals surface area contributed by atoms with Crippen molar-refractivity contribution in [1.29, 1.82) is 0 Å². The molecule has 3 aliphatic heterocycles. The summed E-state index contributed by atoms with van der Waals surface area (Å²) in [5, 5.41) is 3.28. The van der Waals surface area contributed by atoms with E-state index in [4.69, 9.17) is 4.74 Å². The van der Waals surface area contributed by atoms with Crippen molar-refractivity contribution in [3.05, 3.63) is 45.4 Å². The molecule has 0 radical (unpaired) electrons. The number of thiazole rings is 1. The second-order valence-electron chi connectivity index (χ2n) is 9.05. The van der Waals surface area contributed by atoms with Crippen molar-refractivity contribution in [1.82, 2.24) is 19.7 Å². The van der Waals surface area contributed by atoms with Gasteiger partial charge in [-0.25, -0.2) is 4.98 Å². The summed E-state index contributed by atoms with van der Waals surface area (Å²) >= 11 is 1.71. The van der Waals surface area contributed by atoms with Crippen LogP contribution in [0.2, 0.25) is 0 Å². The Hall–Kier alpha value is -1.96. The van der Waals surface area contributed by atoms with E-state index < -0.39 is 0 Å². The molecule has 1 aromatic heterocycles. The lowest BCUT2D eigenvalue weighted by Crippen LogP contribution is -2.51. The molecule has 1 aromatic carbocycles. The number of piperidine rings is 1. The lowest BCUT2D eigenvalue weighted by atomic mass is 9.95. The second-order valence-corrected chi connectivity index (χ2v) is 10.1. The van der Waals surface area contributed by atoms with E-state index in [1.807, 2.05) is 0 Å². The fraction of sp³-hybridized carbons (Fsp3) is 0.583. The normalized spacial score (nSPS) is 20.6. The zero-order valence-corrected chi connectivity index (χ0v) is 19.2. The van der Waals surface area contributed by atoms with Crippen LogP contribution in [0, 0.1) is 12.8 Å². The molecule has 3 aliphatic rings. The molecule has 6 nitrogen and oxygen atoms in total. The van der Waals surface area contributed by atoms with E-state index in [9.17, 15) is 4.79 Å². The number of aryl methyl sites for hydroxylation is 1. The number of nitrogens with zero attached hydrogens (tertiary/aromatic N) is 4. The van der Waals surface area contributed by atoms with Crippen molar-refractivity contribution in [2.75, 3.05) is 45.9 Å². The van der Waals surface area contributed by atoms with Gasteiger partial charge in [-0.3, -0.25) is 14.6 Å². The predicted molar refractivity (Wildman–Crippen MR) is 122 cm³/mol. The number of carbonyl (C=O) groups excluding carboxylic acids is 1. The SMILES string of the molecule is Cc1nc(CN2CCC(C(=O)N3CCN(Cc4ccc5c(c4)CCO5)CC3)CC2)cs1. The molecule has 1 amide bonds. The van der Waals surface area contributed by atoms with Gasteiger partial charge in [-0.1, -0.05) is 12.1 Å². The summed E-state index contributed by atoms with van der Waals surface area (Å²) in [6, 6.07) is 6.59. The molecular weight excluding hydrogens is 408 g/mol. The number of hydrogen-bond acceptors (Lipinski definition) is 6. The summed E-state index contributed by atoms with van der Waals surface area (Å²) < 4.78 is 5.62. The number of amides is 1. The third kappa shape index (κ3) is 4.94. The lowest BCUT2D eigenvalue weighted by Gasteiger charge is -2.38. The number of aromatic nitrogens is 1. The maximum absolute atomic E-state index is 13.1. The van der Waals surface area contributed by atoms with Crippen LogP contribution in [-0.2, 0) is 24.3 Å². The first-order valence-corrected chi connectivity index (χ1v) is 12.4. The summed E-state index contributed by atoms with van der Waals surface area (Å²) in [6.07, 6.45) is 2.96. The lowest BCUT2D eigenvalue weighted by molar-refractivity contribution is -0.139. The number of carbonyl (C=O) groups is 1. The van der Waals surface area contributed by atoms with Crippen molar-refractivity contribution in [3.8, 4) is 5.75 Å². The van der Waals surface area contributed by atoms with Gasteiger partial charge in [-0.15, -0.1) is 11.3 Å². The fourth-order valence-corrected chi connectivity index (χ4v) is 5.63. The quantitative estimate of drug-likeness (QED) is 0.716. The first-order chi connectivity index (χ1) is 15.1. The highest BCUT2D eigenvalue weighted by Crippen LogP contribution is 2.27. The van der Waals surface area contributed by atoms with Gasteiger partial charge in [0.05, 0.1) is 17.3 Å². The fourth-order valence-electron chi connectivity index (χ4n) is 5.03. The van der Waals surface area contributed by atoms with Crippen molar-refractivity contribution < 1.29 is 9.53 Å². The van der Waals surface area contributed by atoms with E-state index in [1.165, 1.54) is 16.8 Å². The molecule has 5 rings (SSSR count). The molecule has 0 spiro atoms. The Balaban J connectivity index is 1.06. The predicted octanol–water partition coefficient (Wildman–Crippen LogP) is 2.94. The van der Waals surface area contributed by atoms with Gasteiger partial charge in [0.25, 0.3) is 0 Å². The number of likely N-dealkylation sites (tertiary alicyclic amines) is 1. The number of piperazine rings is 1. The van der Waals surface area contributed by atoms with Crippen molar-refractivity contribution in [2.24, 2.45) is 5.92 Å². The maximum Gasteiger partial charge on any atom is 0.225 e. The van der Waals surface area contributed by atoms with Crippen LogP contribution in [0.4, 0.5) is 0 Å². The highest BCUT2D eigenvalue weighted by atomic mass is 32.1. The minimum Gasteiger partial charge on any atom is -0.493 e. The second kappa shape index (κ2) is 9.27. The smallest absolute Gasteiger partial charge is 0.225 e. The minimum absolute atomic E-state index is 0.191. The first-order valence-electron chi connectivity index (χ1n) is 11.5.